The predicted molar refractivity (Wildman–Crippen MR) is 82.6 cm³/mol. The molecule has 0 unspecified atom stereocenters. The Morgan fingerprint density at radius 3 is 2.37 bits per heavy atom. The lowest BCUT2D eigenvalue weighted by molar-refractivity contribution is 0.690. The molecule has 0 spiro atoms. The maximum absolute atomic E-state index is 5.98. The predicted octanol–water partition coefficient (Wildman–Crippen LogP) is 4.56. The van der Waals surface area contributed by atoms with Crippen molar-refractivity contribution >= 4 is 11.6 Å². The maximum atomic E-state index is 5.98. The number of aryl methyl sites for hydroxylation is 3. The Hall–Kier alpha value is -1.31. The molecule has 0 radical (unpaired) electrons. The quantitative estimate of drug-likeness (QED) is 0.861. The number of nitrogens with one attached hydrogen (secondary N) is 1. The molecule has 0 aliphatic carbocycles. The number of halogens is 1. The Labute approximate surface area is 120 Å². The van der Waals surface area contributed by atoms with Gasteiger partial charge in [-0.25, -0.2) is 0 Å². The highest BCUT2D eigenvalue weighted by molar-refractivity contribution is 6.30. The van der Waals surface area contributed by atoms with Gasteiger partial charge in [-0.05, 0) is 60.7 Å². The molecular weight excluding hydrogens is 254 g/mol. The molecule has 0 saturated heterocycles. The minimum Gasteiger partial charge on any atom is -0.309 e. The van der Waals surface area contributed by atoms with Crippen LogP contribution in [0.5, 0.6) is 0 Å². The van der Waals surface area contributed by atoms with Crippen molar-refractivity contribution in [2.45, 2.75) is 33.9 Å². The summed E-state index contributed by atoms with van der Waals surface area (Å²) in [6, 6.07) is 12.5. The Morgan fingerprint density at radius 2 is 1.63 bits per heavy atom. The summed E-state index contributed by atoms with van der Waals surface area (Å²) in [5, 5.41) is 4.27. The van der Waals surface area contributed by atoms with Gasteiger partial charge in [0.15, 0.2) is 0 Å². The van der Waals surface area contributed by atoms with Crippen LogP contribution in [0.1, 0.15) is 27.8 Å². The van der Waals surface area contributed by atoms with Crippen molar-refractivity contribution in [3.8, 4) is 0 Å². The van der Waals surface area contributed by atoms with E-state index in [9.17, 15) is 0 Å². The van der Waals surface area contributed by atoms with Crippen LogP contribution in [0.25, 0.3) is 0 Å². The fourth-order valence-electron chi connectivity index (χ4n) is 2.20. The summed E-state index contributed by atoms with van der Waals surface area (Å²) in [4.78, 5) is 0. The molecule has 0 aromatic heterocycles. The zero-order valence-electron chi connectivity index (χ0n) is 11.8. The van der Waals surface area contributed by atoms with Gasteiger partial charge in [0.2, 0.25) is 0 Å². The second kappa shape index (κ2) is 6.23. The summed E-state index contributed by atoms with van der Waals surface area (Å²) < 4.78 is 0. The van der Waals surface area contributed by atoms with Crippen molar-refractivity contribution in [2.75, 3.05) is 0 Å². The SMILES string of the molecule is Cc1cc(C)c(CNCc2cccc(Cl)c2)cc1C. The van der Waals surface area contributed by atoms with E-state index in [-0.39, 0.29) is 0 Å². The lowest BCUT2D eigenvalue weighted by Gasteiger charge is -2.11. The van der Waals surface area contributed by atoms with Gasteiger partial charge in [-0.3, -0.25) is 0 Å². The van der Waals surface area contributed by atoms with E-state index < -0.39 is 0 Å². The van der Waals surface area contributed by atoms with Crippen LogP contribution >= 0.6 is 11.6 Å². The van der Waals surface area contributed by atoms with E-state index in [1.807, 2.05) is 18.2 Å². The van der Waals surface area contributed by atoms with E-state index >= 15 is 0 Å². The van der Waals surface area contributed by atoms with Gasteiger partial charge in [-0.15, -0.1) is 0 Å². The fraction of sp³-hybridized carbons (Fsp3) is 0.294. The van der Waals surface area contributed by atoms with Crippen molar-refractivity contribution in [2.24, 2.45) is 0 Å². The molecular formula is C17H20ClN. The lowest BCUT2D eigenvalue weighted by atomic mass is 10.0. The first-order chi connectivity index (χ1) is 9.06. The molecule has 0 aliphatic rings. The minimum atomic E-state index is 0.793. The second-order valence-electron chi connectivity index (χ2n) is 5.10. The third-order valence-electron chi connectivity index (χ3n) is 3.49. The fourth-order valence-corrected chi connectivity index (χ4v) is 2.41. The first-order valence-electron chi connectivity index (χ1n) is 6.58. The summed E-state index contributed by atoms with van der Waals surface area (Å²) in [7, 11) is 0. The standard InChI is InChI=1S/C17H20ClN/c1-12-7-14(3)16(8-13(12)2)11-19-10-15-5-4-6-17(18)9-15/h4-9,19H,10-11H2,1-3H3. The number of benzene rings is 2. The molecule has 0 atom stereocenters. The van der Waals surface area contributed by atoms with Gasteiger partial charge in [-0.2, -0.15) is 0 Å². The molecule has 2 heteroatoms. The van der Waals surface area contributed by atoms with Gasteiger partial charge in [-0.1, -0.05) is 35.9 Å². The molecule has 2 rings (SSSR count). The van der Waals surface area contributed by atoms with E-state index in [2.05, 4.69) is 44.3 Å². The summed E-state index contributed by atoms with van der Waals surface area (Å²) >= 11 is 5.98. The maximum Gasteiger partial charge on any atom is 0.0409 e. The topological polar surface area (TPSA) is 12.0 Å². The van der Waals surface area contributed by atoms with Crippen LogP contribution in [0.3, 0.4) is 0 Å². The van der Waals surface area contributed by atoms with Crippen molar-refractivity contribution in [1.82, 2.24) is 5.32 Å². The number of rotatable bonds is 4. The van der Waals surface area contributed by atoms with Gasteiger partial charge < -0.3 is 5.32 Å². The van der Waals surface area contributed by atoms with Crippen LogP contribution in [-0.2, 0) is 13.1 Å². The van der Waals surface area contributed by atoms with Crippen LogP contribution < -0.4 is 5.32 Å². The van der Waals surface area contributed by atoms with Gasteiger partial charge in [0.1, 0.15) is 0 Å². The van der Waals surface area contributed by atoms with Gasteiger partial charge >= 0.3 is 0 Å². The lowest BCUT2D eigenvalue weighted by Crippen LogP contribution is -2.13. The van der Waals surface area contributed by atoms with Crippen molar-refractivity contribution in [1.29, 1.82) is 0 Å². The van der Waals surface area contributed by atoms with E-state index in [4.69, 9.17) is 11.6 Å². The molecule has 100 valence electrons. The average molecular weight is 274 g/mol. The van der Waals surface area contributed by atoms with E-state index in [0.717, 1.165) is 18.1 Å². The summed E-state index contributed by atoms with van der Waals surface area (Å²) in [5.74, 6) is 0. The van der Waals surface area contributed by atoms with Crippen molar-refractivity contribution in [3.63, 3.8) is 0 Å². The Balaban J connectivity index is 1.98. The summed E-state index contributed by atoms with van der Waals surface area (Å²) in [5.41, 5.74) is 6.64. The number of hydrogen-bond acceptors (Lipinski definition) is 1. The molecule has 0 saturated carbocycles. The highest BCUT2D eigenvalue weighted by Crippen LogP contribution is 2.15. The highest BCUT2D eigenvalue weighted by Gasteiger charge is 2.02. The second-order valence-corrected chi connectivity index (χ2v) is 5.53. The Bertz CT molecular complexity index is 575. The largest absolute Gasteiger partial charge is 0.309 e. The summed E-state index contributed by atoms with van der Waals surface area (Å²) in [6.07, 6.45) is 0. The molecule has 0 bridgehead atoms. The Morgan fingerprint density at radius 1 is 0.895 bits per heavy atom. The van der Waals surface area contributed by atoms with Crippen LogP contribution in [0.15, 0.2) is 36.4 Å². The first kappa shape index (κ1) is 14.1. The smallest absolute Gasteiger partial charge is 0.0409 e. The number of hydrogen-bond donors (Lipinski definition) is 1. The zero-order valence-corrected chi connectivity index (χ0v) is 12.5. The molecule has 2 aromatic carbocycles. The molecule has 1 nitrogen and oxygen atoms in total. The van der Waals surface area contributed by atoms with Gasteiger partial charge in [0.05, 0.1) is 0 Å². The molecule has 19 heavy (non-hydrogen) atoms. The van der Waals surface area contributed by atoms with Crippen molar-refractivity contribution < 1.29 is 0 Å². The van der Waals surface area contributed by atoms with Crippen LogP contribution in [0.2, 0.25) is 5.02 Å². The third kappa shape index (κ3) is 3.82. The molecule has 0 heterocycles. The van der Waals surface area contributed by atoms with E-state index in [1.54, 1.807) is 0 Å². The summed E-state index contributed by atoms with van der Waals surface area (Å²) in [6.45, 7) is 8.22. The molecule has 0 aliphatic heterocycles. The molecule has 0 fully saturated rings. The van der Waals surface area contributed by atoms with E-state index in [0.29, 0.717) is 0 Å². The highest BCUT2D eigenvalue weighted by atomic mass is 35.5. The zero-order chi connectivity index (χ0) is 13.8. The Kier molecular flexibility index (Phi) is 4.62. The molecule has 1 N–H and O–H groups in total. The van der Waals surface area contributed by atoms with Gasteiger partial charge in [0.25, 0.3) is 0 Å². The average Bonchev–Trinajstić information content (AvgIpc) is 2.35. The normalized spacial score (nSPS) is 10.7. The molecule has 2 aromatic rings. The monoisotopic (exact) mass is 273 g/mol. The van der Waals surface area contributed by atoms with Gasteiger partial charge in [0, 0.05) is 18.1 Å². The minimum absolute atomic E-state index is 0.793. The molecule has 0 amide bonds. The third-order valence-corrected chi connectivity index (χ3v) is 3.72. The van der Waals surface area contributed by atoms with Crippen LogP contribution in [0.4, 0.5) is 0 Å². The van der Waals surface area contributed by atoms with E-state index in [1.165, 1.54) is 27.8 Å². The van der Waals surface area contributed by atoms with Crippen LogP contribution in [0, 0.1) is 20.8 Å². The first-order valence-corrected chi connectivity index (χ1v) is 6.96. The van der Waals surface area contributed by atoms with Crippen LogP contribution in [-0.4, -0.2) is 0 Å². The van der Waals surface area contributed by atoms with Crippen molar-refractivity contribution in [3.05, 3.63) is 69.2 Å².